The Labute approximate surface area is 170 Å². The van der Waals surface area contributed by atoms with Crippen LogP contribution in [0.3, 0.4) is 0 Å². The average molecular weight is 409 g/mol. The standard InChI is InChI=1S/C21H12Cl2N3O2/c1-10-6-18-14(8-13(10)19-4-5-24-28-19)15-9-16(21(27)26-20(15)25-18)12-3-2-11(22)7-17(12)23/h2-9,15H,1H3. The van der Waals surface area contributed by atoms with Crippen LogP contribution in [-0.4, -0.2) is 16.9 Å². The Morgan fingerprint density at radius 2 is 1.93 bits per heavy atom. The fourth-order valence-corrected chi connectivity index (χ4v) is 4.09. The SMILES string of the molecule is Cc1cc2c(cc1-c1ccno1)C1C=C(c3ccc(Cl)cc3Cl)C(=O)N=C1[N]2. The number of aliphatic imine (C=N–C) groups is 1. The molecule has 0 aliphatic carbocycles. The maximum atomic E-state index is 12.6. The molecule has 5 rings (SSSR count). The Morgan fingerprint density at radius 1 is 1.07 bits per heavy atom. The Hall–Kier alpha value is -2.89. The van der Waals surface area contributed by atoms with E-state index in [4.69, 9.17) is 27.7 Å². The smallest absolute Gasteiger partial charge is 0.279 e. The summed E-state index contributed by atoms with van der Waals surface area (Å²) in [6.07, 6.45) is 3.48. The third-order valence-corrected chi connectivity index (χ3v) is 5.47. The molecule has 0 spiro atoms. The van der Waals surface area contributed by atoms with Gasteiger partial charge in [0.1, 0.15) is 5.84 Å². The van der Waals surface area contributed by atoms with Crippen LogP contribution in [0.4, 0.5) is 5.69 Å². The number of amidine groups is 1. The second kappa shape index (κ2) is 6.33. The Morgan fingerprint density at radius 3 is 2.68 bits per heavy atom. The van der Waals surface area contributed by atoms with E-state index in [2.05, 4.69) is 15.5 Å². The lowest BCUT2D eigenvalue weighted by atomic mass is 9.90. The van der Waals surface area contributed by atoms with E-state index in [1.165, 1.54) is 0 Å². The number of halogens is 2. The zero-order valence-corrected chi connectivity index (χ0v) is 16.1. The number of fused-ring (bicyclic) bond motifs is 3. The van der Waals surface area contributed by atoms with Crippen LogP contribution in [0.2, 0.25) is 10.0 Å². The van der Waals surface area contributed by atoms with Gasteiger partial charge in [0.25, 0.3) is 5.91 Å². The van der Waals surface area contributed by atoms with Crippen molar-refractivity contribution in [3.63, 3.8) is 0 Å². The van der Waals surface area contributed by atoms with E-state index in [1.54, 1.807) is 24.4 Å². The molecule has 0 saturated carbocycles. The molecule has 3 heterocycles. The van der Waals surface area contributed by atoms with E-state index in [1.807, 2.05) is 31.2 Å². The zero-order valence-electron chi connectivity index (χ0n) is 14.6. The van der Waals surface area contributed by atoms with Gasteiger partial charge >= 0.3 is 0 Å². The van der Waals surface area contributed by atoms with Gasteiger partial charge in [-0.25, -0.2) is 5.32 Å². The summed E-state index contributed by atoms with van der Waals surface area (Å²) < 4.78 is 5.32. The molecule has 2 aliphatic rings. The topological polar surface area (TPSA) is 69.6 Å². The molecule has 0 bridgehead atoms. The maximum Gasteiger partial charge on any atom is 0.279 e. The molecule has 137 valence electrons. The number of aryl methyl sites for hydroxylation is 1. The van der Waals surface area contributed by atoms with Crippen molar-refractivity contribution in [2.75, 3.05) is 0 Å². The maximum absolute atomic E-state index is 12.6. The molecular formula is C21H12Cl2N3O2. The summed E-state index contributed by atoms with van der Waals surface area (Å²) in [4.78, 5) is 16.8. The summed E-state index contributed by atoms with van der Waals surface area (Å²) >= 11 is 12.3. The molecule has 1 aromatic heterocycles. The van der Waals surface area contributed by atoms with Gasteiger partial charge in [0.05, 0.1) is 22.8 Å². The van der Waals surface area contributed by atoms with Crippen molar-refractivity contribution < 1.29 is 9.32 Å². The number of amides is 1. The first-order valence-corrected chi connectivity index (χ1v) is 9.34. The number of rotatable bonds is 2. The number of hydrogen-bond donors (Lipinski definition) is 0. The fraction of sp³-hybridized carbons (Fsp3) is 0.0952. The van der Waals surface area contributed by atoms with E-state index in [0.29, 0.717) is 32.8 Å². The van der Waals surface area contributed by atoms with Gasteiger partial charge in [0.2, 0.25) is 0 Å². The normalized spacial score (nSPS) is 17.5. The van der Waals surface area contributed by atoms with E-state index >= 15 is 0 Å². The van der Waals surface area contributed by atoms with Gasteiger partial charge in [-0.3, -0.25) is 4.79 Å². The predicted molar refractivity (Wildman–Crippen MR) is 108 cm³/mol. The molecule has 1 radical (unpaired) electrons. The van der Waals surface area contributed by atoms with Gasteiger partial charge in [-0.2, -0.15) is 4.99 Å². The summed E-state index contributed by atoms with van der Waals surface area (Å²) in [5.41, 5.74) is 4.76. The van der Waals surface area contributed by atoms with Crippen LogP contribution in [0.1, 0.15) is 22.6 Å². The minimum atomic E-state index is -0.362. The van der Waals surface area contributed by atoms with Crippen molar-refractivity contribution in [2.45, 2.75) is 12.8 Å². The first-order valence-electron chi connectivity index (χ1n) is 8.59. The first-order chi connectivity index (χ1) is 13.5. The largest absolute Gasteiger partial charge is 0.356 e. The molecule has 7 heteroatoms. The Kier molecular flexibility index (Phi) is 3.89. The molecule has 2 aromatic carbocycles. The van der Waals surface area contributed by atoms with Crippen molar-refractivity contribution in [1.82, 2.24) is 10.5 Å². The van der Waals surface area contributed by atoms with Crippen molar-refractivity contribution in [2.24, 2.45) is 4.99 Å². The van der Waals surface area contributed by atoms with Crippen LogP contribution in [0.15, 0.2) is 58.2 Å². The van der Waals surface area contributed by atoms with Crippen molar-refractivity contribution in [1.29, 1.82) is 0 Å². The molecule has 2 aliphatic heterocycles. The molecule has 3 aromatic rings. The number of dihydropyridines is 1. The number of carbonyl (C=O) groups is 1. The number of nitrogens with zero attached hydrogens (tertiary/aromatic N) is 3. The highest BCUT2D eigenvalue weighted by atomic mass is 35.5. The third-order valence-electron chi connectivity index (χ3n) is 4.93. The molecule has 1 unspecified atom stereocenters. The highest BCUT2D eigenvalue weighted by molar-refractivity contribution is 6.38. The summed E-state index contributed by atoms with van der Waals surface area (Å²) in [7, 11) is 0. The van der Waals surface area contributed by atoms with E-state index in [9.17, 15) is 4.79 Å². The predicted octanol–water partition coefficient (Wildman–Crippen LogP) is 5.31. The van der Waals surface area contributed by atoms with Crippen molar-refractivity contribution in [3.05, 3.63) is 75.4 Å². The van der Waals surface area contributed by atoms with Crippen molar-refractivity contribution in [3.8, 4) is 11.3 Å². The first kappa shape index (κ1) is 17.2. The van der Waals surface area contributed by atoms with Crippen LogP contribution < -0.4 is 5.32 Å². The molecule has 5 nitrogen and oxygen atoms in total. The summed E-state index contributed by atoms with van der Waals surface area (Å²) in [5.74, 6) is 0.585. The van der Waals surface area contributed by atoms with Gasteiger partial charge in [-0.1, -0.05) is 40.5 Å². The number of aromatic nitrogens is 1. The highest BCUT2D eigenvalue weighted by Crippen LogP contribution is 2.43. The minimum absolute atomic E-state index is 0.225. The quantitative estimate of drug-likeness (QED) is 0.576. The molecular weight excluding hydrogens is 397 g/mol. The van der Waals surface area contributed by atoms with E-state index in [-0.39, 0.29) is 11.8 Å². The van der Waals surface area contributed by atoms with E-state index in [0.717, 1.165) is 22.4 Å². The van der Waals surface area contributed by atoms with Gasteiger partial charge in [0, 0.05) is 27.8 Å². The third kappa shape index (κ3) is 2.66. The lowest BCUT2D eigenvalue weighted by Gasteiger charge is -2.16. The van der Waals surface area contributed by atoms with Crippen LogP contribution in [0.25, 0.3) is 16.9 Å². The highest BCUT2D eigenvalue weighted by Gasteiger charge is 2.35. The number of hydrogen-bond acceptors (Lipinski definition) is 3. The van der Waals surface area contributed by atoms with E-state index < -0.39 is 0 Å². The second-order valence-corrected chi connectivity index (χ2v) is 7.52. The monoisotopic (exact) mass is 408 g/mol. The van der Waals surface area contributed by atoms with Crippen molar-refractivity contribution >= 4 is 46.2 Å². The lowest BCUT2D eigenvalue weighted by Crippen LogP contribution is -2.19. The number of benzene rings is 2. The van der Waals surface area contributed by atoms with Crippen LogP contribution in [0, 0.1) is 6.92 Å². The second-order valence-electron chi connectivity index (χ2n) is 6.67. The van der Waals surface area contributed by atoms with Gasteiger partial charge in [-0.15, -0.1) is 0 Å². The van der Waals surface area contributed by atoms with Gasteiger partial charge in [-0.05, 0) is 42.3 Å². The molecule has 0 fully saturated rings. The minimum Gasteiger partial charge on any atom is -0.356 e. The summed E-state index contributed by atoms with van der Waals surface area (Å²) in [6.45, 7) is 1.98. The van der Waals surface area contributed by atoms with Crippen LogP contribution >= 0.6 is 23.2 Å². The number of carbonyl (C=O) groups excluding carboxylic acids is 1. The molecule has 28 heavy (non-hydrogen) atoms. The Bertz CT molecular complexity index is 1200. The van der Waals surface area contributed by atoms with Crippen LogP contribution in [-0.2, 0) is 4.79 Å². The van der Waals surface area contributed by atoms with Gasteiger partial charge < -0.3 is 4.52 Å². The molecule has 1 atom stereocenters. The fourth-order valence-electron chi connectivity index (χ4n) is 3.58. The van der Waals surface area contributed by atoms with Crippen LogP contribution in [0.5, 0.6) is 0 Å². The molecule has 0 saturated heterocycles. The molecule has 1 amide bonds. The lowest BCUT2D eigenvalue weighted by molar-refractivity contribution is -0.112. The molecule has 0 N–H and O–H groups in total. The summed E-state index contributed by atoms with van der Waals surface area (Å²) in [6, 6.07) is 10.9. The summed E-state index contributed by atoms with van der Waals surface area (Å²) in [5, 5.41) is 9.26. The average Bonchev–Trinajstić information content (AvgIpc) is 3.28. The van der Waals surface area contributed by atoms with Gasteiger partial charge in [0.15, 0.2) is 5.76 Å². The zero-order chi connectivity index (χ0) is 19.4. The Balaban J connectivity index is 1.64.